The first kappa shape index (κ1) is 20.7. The number of rotatable bonds is 6. The van der Waals surface area contributed by atoms with Gasteiger partial charge in [0.2, 0.25) is 11.7 Å². The number of para-hydroxylation sites is 1. The minimum absolute atomic E-state index is 0.00594. The molecule has 2 heterocycles. The van der Waals surface area contributed by atoms with E-state index in [4.69, 9.17) is 0 Å². The Labute approximate surface area is 179 Å². The fourth-order valence-electron chi connectivity index (χ4n) is 4.28. The Kier molecular flexibility index (Phi) is 5.94. The number of hydrogen-bond donors (Lipinski definition) is 1. The highest BCUT2D eigenvalue weighted by Crippen LogP contribution is 2.29. The van der Waals surface area contributed by atoms with Gasteiger partial charge in [-0.3, -0.25) is 18.6 Å². The summed E-state index contributed by atoms with van der Waals surface area (Å²) in [7, 11) is 0. The van der Waals surface area contributed by atoms with Gasteiger partial charge in [-0.25, -0.2) is 0 Å². The average Bonchev–Trinajstić information content (AvgIpc) is 3.17. The number of hydrogen-bond acceptors (Lipinski definition) is 5. The predicted octanol–water partition coefficient (Wildman–Crippen LogP) is 3.26. The summed E-state index contributed by atoms with van der Waals surface area (Å²) < 4.78 is 3.40. The van der Waals surface area contributed by atoms with Crippen LogP contribution < -0.4 is 10.9 Å². The summed E-state index contributed by atoms with van der Waals surface area (Å²) in [5.74, 6) is 1.83. The third kappa shape index (κ3) is 3.76. The summed E-state index contributed by atoms with van der Waals surface area (Å²) in [6, 6.07) is 7.62. The van der Waals surface area contributed by atoms with Crippen LogP contribution in [0.2, 0.25) is 0 Å². The van der Waals surface area contributed by atoms with Crippen LogP contribution in [0.4, 0.5) is 0 Å². The van der Waals surface area contributed by atoms with E-state index in [0.29, 0.717) is 34.7 Å². The van der Waals surface area contributed by atoms with Gasteiger partial charge in [0, 0.05) is 12.6 Å². The number of benzene rings is 1. The number of thioether (sulfide) groups is 1. The summed E-state index contributed by atoms with van der Waals surface area (Å²) >= 11 is 1.34. The van der Waals surface area contributed by atoms with Gasteiger partial charge in [-0.2, -0.15) is 0 Å². The van der Waals surface area contributed by atoms with Crippen LogP contribution in [0.1, 0.15) is 33.1 Å². The van der Waals surface area contributed by atoms with Crippen LogP contribution in [-0.4, -0.2) is 36.9 Å². The number of carbonyl (C=O) groups is 1. The molecule has 158 valence electrons. The van der Waals surface area contributed by atoms with Crippen LogP contribution >= 0.6 is 11.8 Å². The van der Waals surface area contributed by atoms with Crippen LogP contribution in [-0.2, 0) is 11.3 Å². The standard InChI is InChI=1S/C22H27N5O2S/c1-4-12-26-20(29)16-9-5-6-11-18(16)27-21(26)24-25-22(27)30-13-19(28)23-17-10-7-8-14(2)15(17)3/h4-6,9,11,14-15,17H,1,7-8,10,12-13H2,2-3H3,(H,23,28). The van der Waals surface area contributed by atoms with Crippen molar-refractivity contribution in [3.05, 3.63) is 47.3 Å². The van der Waals surface area contributed by atoms with Crippen molar-refractivity contribution in [1.29, 1.82) is 0 Å². The van der Waals surface area contributed by atoms with Crippen molar-refractivity contribution in [1.82, 2.24) is 24.5 Å². The molecule has 1 N–H and O–H groups in total. The van der Waals surface area contributed by atoms with Gasteiger partial charge in [0.25, 0.3) is 5.56 Å². The first-order chi connectivity index (χ1) is 14.5. The lowest BCUT2D eigenvalue weighted by atomic mass is 9.78. The molecule has 3 unspecified atom stereocenters. The van der Waals surface area contributed by atoms with Crippen molar-refractivity contribution in [3.63, 3.8) is 0 Å². The van der Waals surface area contributed by atoms with Gasteiger partial charge < -0.3 is 5.32 Å². The molecule has 0 radical (unpaired) electrons. The molecule has 0 aliphatic heterocycles. The molecule has 2 aromatic heterocycles. The lowest BCUT2D eigenvalue weighted by Gasteiger charge is -2.34. The maximum absolute atomic E-state index is 12.8. The van der Waals surface area contributed by atoms with Crippen molar-refractivity contribution in [2.24, 2.45) is 11.8 Å². The second-order valence-corrected chi connectivity index (χ2v) is 9.01. The molecule has 7 nitrogen and oxygen atoms in total. The molecular formula is C22H27N5O2S. The van der Waals surface area contributed by atoms with Crippen LogP contribution in [0.25, 0.3) is 16.7 Å². The second-order valence-electron chi connectivity index (χ2n) is 8.07. The fourth-order valence-corrected chi connectivity index (χ4v) is 5.04. The molecule has 30 heavy (non-hydrogen) atoms. The third-order valence-electron chi connectivity index (χ3n) is 6.18. The molecule has 8 heteroatoms. The Morgan fingerprint density at radius 1 is 1.30 bits per heavy atom. The van der Waals surface area contributed by atoms with Crippen molar-refractivity contribution in [3.8, 4) is 0 Å². The zero-order chi connectivity index (χ0) is 21.3. The molecule has 3 aromatic rings. The monoisotopic (exact) mass is 425 g/mol. The van der Waals surface area contributed by atoms with E-state index in [1.54, 1.807) is 16.7 Å². The number of fused-ring (bicyclic) bond motifs is 3. The Hall–Kier alpha value is -2.61. The molecule has 1 fully saturated rings. The minimum Gasteiger partial charge on any atom is -0.352 e. The largest absolute Gasteiger partial charge is 0.352 e. The van der Waals surface area contributed by atoms with Crippen molar-refractivity contribution in [2.45, 2.75) is 50.9 Å². The molecule has 4 rings (SSSR count). The summed E-state index contributed by atoms with van der Waals surface area (Å²) in [4.78, 5) is 25.5. The first-order valence-electron chi connectivity index (χ1n) is 10.4. The average molecular weight is 426 g/mol. The van der Waals surface area contributed by atoms with E-state index in [9.17, 15) is 9.59 Å². The Morgan fingerprint density at radius 3 is 2.90 bits per heavy atom. The van der Waals surface area contributed by atoms with Crippen LogP contribution in [0.3, 0.4) is 0 Å². The van der Waals surface area contributed by atoms with Gasteiger partial charge in [0.15, 0.2) is 5.16 Å². The van der Waals surface area contributed by atoms with Gasteiger partial charge in [0.05, 0.1) is 16.7 Å². The van der Waals surface area contributed by atoms with Gasteiger partial charge in [-0.05, 0) is 30.4 Å². The van der Waals surface area contributed by atoms with Crippen LogP contribution in [0, 0.1) is 11.8 Å². The summed E-state index contributed by atoms with van der Waals surface area (Å²) in [6.07, 6.45) is 5.09. The molecule has 1 aliphatic rings. The molecule has 0 saturated heterocycles. The van der Waals surface area contributed by atoms with Gasteiger partial charge in [0.1, 0.15) is 0 Å². The summed E-state index contributed by atoms with van der Waals surface area (Å²) in [5.41, 5.74) is 0.612. The lowest BCUT2D eigenvalue weighted by molar-refractivity contribution is -0.120. The first-order valence-corrected chi connectivity index (χ1v) is 11.4. The maximum atomic E-state index is 12.8. The third-order valence-corrected chi connectivity index (χ3v) is 7.10. The number of allylic oxidation sites excluding steroid dienone is 1. The van der Waals surface area contributed by atoms with Gasteiger partial charge in [-0.1, -0.05) is 56.7 Å². The SMILES string of the molecule is C=CCn1c(=O)c2ccccc2n2c(SCC(=O)NC3CCCC(C)C3C)nnc12. The second kappa shape index (κ2) is 8.63. The number of nitrogens with one attached hydrogen (secondary N) is 1. The van der Waals surface area contributed by atoms with E-state index in [1.165, 1.54) is 18.2 Å². The van der Waals surface area contributed by atoms with E-state index in [2.05, 4.69) is 35.9 Å². The Balaban J connectivity index is 1.60. The van der Waals surface area contributed by atoms with Crippen molar-refractivity contribution < 1.29 is 4.79 Å². The zero-order valence-electron chi connectivity index (χ0n) is 17.4. The molecule has 0 spiro atoms. The van der Waals surface area contributed by atoms with Crippen molar-refractivity contribution in [2.75, 3.05) is 5.75 Å². The van der Waals surface area contributed by atoms with E-state index >= 15 is 0 Å². The van der Waals surface area contributed by atoms with Crippen LogP contribution in [0.15, 0.2) is 46.9 Å². The van der Waals surface area contributed by atoms with E-state index in [0.717, 1.165) is 18.4 Å². The van der Waals surface area contributed by atoms with Gasteiger partial charge in [-0.15, -0.1) is 16.8 Å². The normalized spacial score (nSPS) is 21.7. The molecule has 1 aromatic carbocycles. The fraction of sp³-hybridized carbons (Fsp3) is 0.455. The summed E-state index contributed by atoms with van der Waals surface area (Å²) in [6.45, 7) is 8.56. The smallest absolute Gasteiger partial charge is 0.263 e. The molecule has 0 bridgehead atoms. The molecule has 3 atom stereocenters. The highest BCUT2D eigenvalue weighted by molar-refractivity contribution is 7.99. The highest BCUT2D eigenvalue weighted by Gasteiger charge is 2.28. The van der Waals surface area contributed by atoms with Gasteiger partial charge >= 0.3 is 0 Å². The topological polar surface area (TPSA) is 81.3 Å². The Bertz CT molecular complexity index is 1150. The van der Waals surface area contributed by atoms with Crippen LogP contribution in [0.5, 0.6) is 0 Å². The predicted molar refractivity (Wildman–Crippen MR) is 120 cm³/mol. The Morgan fingerprint density at radius 2 is 2.10 bits per heavy atom. The number of amides is 1. The zero-order valence-corrected chi connectivity index (χ0v) is 18.2. The van der Waals surface area contributed by atoms with E-state index in [1.807, 2.05) is 22.6 Å². The quantitative estimate of drug-likeness (QED) is 0.484. The number of carbonyl (C=O) groups excluding carboxylic acids is 1. The molecule has 1 saturated carbocycles. The lowest BCUT2D eigenvalue weighted by Crippen LogP contribution is -2.44. The minimum atomic E-state index is -0.125. The number of nitrogens with zero attached hydrogens (tertiary/aromatic N) is 4. The number of aromatic nitrogens is 4. The summed E-state index contributed by atoms with van der Waals surface area (Å²) in [5, 5.41) is 12.9. The van der Waals surface area contributed by atoms with Crippen molar-refractivity contribution >= 4 is 34.3 Å². The molecule has 1 aliphatic carbocycles. The maximum Gasteiger partial charge on any atom is 0.263 e. The molecule has 1 amide bonds. The van der Waals surface area contributed by atoms with E-state index < -0.39 is 0 Å². The van der Waals surface area contributed by atoms with E-state index in [-0.39, 0.29) is 23.3 Å². The highest BCUT2D eigenvalue weighted by atomic mass is 32.2. The molecular weight excluding hydrogens is 398 g/mol.